The summed E-state index contributed by atoms with van der Waals surface area (Å²) in [7, 11) is 0. The maximum Gasteiger partial charge on any atom is 0.269 e. The van der Waals surface area contributed by atoms with Crippen LogP contribution in [-0.2, 0) is 12.3 Å². The van der Waals surface area contributed by atoms with Crippen molar-refractivity contribution in [2.75, 3.05) is 0 Å². The molecule has 2 heterocycles. The SMILES string of the molecule is O=[N+]([O-])c1ccc(CSc2nnc(-c3ccc(Cl)cc3)n2Cc2ccco2)cc1. The molecule has 4 rings (SSSR count). The minimum absolute atomic E-state index is 0.0739. The van der Waals surface area contributed by atoms with Crippen molar-refractivity contribution >= 4 is 29.1 Å². The van der Waals surface area contributed by atoms with E-state index in [1.807, 2.05) is 41.0 Å². The summed E-state index contributed by atoms with van der Waals surface area (Å²) >= 11 is 7.51. The van der Waals surface area contributed by atoms with Gasteiger partial charge in [0.2, 0.25) is 0 Å². The van der Waals surface area contributed by atoms with Gasteiger partial charge in [-0.25, -0.2) is 0 Å². The third-order valence-corrected chi connectivity index (χ3v) is 5.52. The van der Waals surface area contributed by atoms with Crippen LogP contribution in [0.1, 0.15) is 11.3 Å². The van der Waals surface area contributed by atoms with Crippen LogP contribution < -0.4 is 0 Å². The normalized spacial score (nSPS) is 10.9. The average molecular weight is 427 g/mol. The van der Waals surface area contributed by atoms with Gasteiger partial charge in [-0.1, -0.05) is 35.5 Å². The van der Waals surface area contributed by atoms with Crippen LogP contribution in [0, 0.1) is 10.1 Å². The zero-order chi connectivity index (χ0) is 20.2. The first-order valence-electron chi connectivity index (χ1n) is 8.68. The summed E-state index contributed by atoms with van der Waals surface area (Å²) in [6, 6.07) is 17.7. The fraction of sp³-hybridized carbons (Fsp3) is 0.100. The van der Waals surface area contributed by atoms with Crippen molar-refractivity contribution in [1.82, 2.24) is 14.8 Å². The molecule has 9 heteroatoms. The fourth-order valence-corrected chi connectivity index (χ4v) is 3.79. The van der Waals surface area contributed by atoms with Crippen molar-refractivity contribution in [2.45, 2.75) is 17.5 Å². The lowest BCUT2D eigenvalue weighted by atomic mass is 10.2. The zero-order valence-electron chi connectivity index (χ0n) is 15.1. The first kappa shape index (κ1) is 19.2. The van der Waals surface area contributed by atoms with Crippen molar-refractivity contribution in [3.63, 3.8) is 0 Å². The van der Waals surface area contributed by atoms with Gasteiger partial charge in [0.25, 0.3) is 5.69 Å². The molecular weight excluding hydrogens is 412 g/mol. The molecule has 0 fully saturated rings. The Hall–Kier alpha value is -3.10. The van der Waals surface area contributed by atoms with Gasteiger partial charge in [0.15, 0.2) is 11.0 Å². The molecular formula is C20H15ClN4O3S. The summed E-state index contributed by atoms with van der Waals surface area (Å²) < 4.78 is 7.48. The third kappa shape index (κ3) is 4.49. The minimum atomic E-state index is -0.407. The molecule has 0 saturated heterocycles. The number of halogens is 1. The first-order chi connectivity index (χ1) is 14.1. The van der Waals surface area contributed by atoms with Crippen LogP contribution in [0.15, 0.2) is 76.5 Å². The Labute approximate surface area is 175 Å². The first-order valence-corrected chi connectivity index (χ1v) is 10.0. The van der Waals surface area contributed by atoms with Crippen molar-refractivity contribution in [3.05, 3.63) is 93.4 Å². The number of aromatic nitrogens is 3. The molecule has 0 spiro atoms. The molecule has 0 unspecified atom stereocenters. The number of hydrogen-bond acceptors (Lipinski definition) is 6. The summed E-state index contributed by atoms with van der Waals surface area (Å²) in [5.41, 5.74) is 1.93. The molecule has 0 aliphatic rings. The molecule has 0 aliphatic heterocycles. The molecule has 2 aromatic carbocycles. The largest absolute Gasteiger partial charge is 0.467 e. The predicted molar refractivity (Wildman–Crippen MR) is 111 cm³/mol. The Balaban J connectivity index is 1.60. The lowest BCUT2D eigenvalue weighted by Crippen LogP contribution is -2.03. The quantitative estimate of drug-likeness (QED) is 0.222. The summed E-state index contributed by atoms with van der Waals surface area (Å²) in [6.45, 7) is 0.487. The molecule has 2 aromatic heterocycles. The maximum atomic E-state index is 10.8. The predicted octanol–water partition coefficient (Wildman–Crippen LogP) is 5.44. The number of furan rings is 1. The van der Waals surface area contributed by atoms with Gasteiger partial charge in [-0.15, -0.1) is 10.2 Å². The van der Waals surface area contributed by atoms with E-state index in [1.165, 1.54) is 23.9 Å². The van der Waals surface area contributed by atoms with Crippen molar-refractivity contribution in [1.29, 1.82) is 0 Å². The van der Waals surface area contributed by atoms with Crippen molar-refractivity contribution < 1.29 is 9.34 Å². The van der Waals surface area contributed by atoms with Crippen LogP contribution in [0.25, 0.3) is 11.4 Å². The molecule has 0 amide bonds. The second kappa shape index (κ2) is 8.50. The lowest BCUT2D eigenvalue weighted by Gasteiger charge is -2.09. The highest BCUT2D eigenvalue weighted by molar-refractivity contribution is 7.98. The van der Waals surface area contributed by atoms with E-state index in [0.717, 1.165) is 22.0 Å². The highest BCUT2D eigenvalue weighted by Gasteiger charge is 2.16. The van der Waals surface area contributed by atoms with E-state index < -0.39 is 4.92 Å². The highest BCUT2D eigenvalue weighted by atomic mass is 35.5. The maximum absolute atomic E-state index is 10.8. The third-order valence-electron chi connectivity index (χ3n) is 4.23. The number of thioether (sulfide) groups is 1. The molecule has 146 valence electrons. The number of benzene rings is 2. The molecule has 7 nitrogen and oxygen atoms in total. The lowest BCUT2D eigenvalue weighted by molar-refractivity contribution is -0.384. The number of rotatable bonds is 7. The second-order valence-electron chi connectivity index (χ2n) is 6.19. The smallest absolute Gasteiger partial charge is 0.269 e. The second-order valence-corrected chi connectivity index (χ2v) is 7.57. The average Bonchev–Trinajstić information content (AvgIpc) is 3.38. The van der Waals surface area contributed by atoms with E-state index in [4.69, 9.17) is 16.0 Å². The molecule has 0 aliphatic carbocycles. The van der Waals surface area contributed by atoms with E-state index in [1.54, 1.807) is 18.4 Å². The summed E-state index contributed by atoms with van der Waals surface area (Å²) in [5.74, 6) is 2.11. The van der Waals surface area contributed by atoms with Crippen LogP contribution in [0.5, 0.6) is 0 Å². The number of nitrogens with zero attached hydrogens (tertiary/aromatic N) is 4. The van der Waals surface area contributed by atoms with Crippen LogP contribution in [-0.4, -0.2) is 19.7 Å². The topological polar surface area (TPSA) is 87.0 Å². The number of hydrogen-bond donors (Lipinski definition) is 0. The number of nitro groups is 1. The van der Waals surface area contributed by atoms with Gasteiger partial charge in [0.1, 0.15) is 5.76 Å². The fourth-order valence-electron chi connectivity index (χ4n) is 2.77. The van der Waals surface area contributed by atoms with Crippen LogP contribution in [0.4, 0.5) is 5.69 Å². The van der Waals surface area contributed by atoms with E-state index >= 15 is 0 Å². The van der Waals surface area contributed by atoms with Gasteiger partial charge in [0.05, 0.1) is 17.7 Å². The standard InChI is InChI=1S/C20H15ClN4O3S/c21-16-7-5-15(6-8-16)19-22-23-20(24(19)12-18-2-1-11-28-18)29-13-14-3-9-17(10-4-14)25(26)27/h1-11H,12-13H2. The minimum Gasteiger partial charge on any atom is -0.467 e. The van der Waals surface area contributed by atoms with Crippen LogP contribution in [0.3, 0.4) is 0 Å². The monoisotopic (exact) mass is 426 g/mol. The Bertz CT molecular complexity index is 1110. The molecule has 0 saturated carbocycles. The molecule has 0 bridgehead atoms. The number of non-ortho nitro benzene ring substituents is 1. The van der Waals surface area contributed by atoms with E-state index in [-0.39, 0.29) is 5.69 Å². The molecule has 0 atom stereocenters. The summed E-state index contributed by atoms with van der Waals surface area (Å²) in [4.78, 5) is 10.4. The molecule has 0 N–H and O–H groups in total. The van der Waals surface area contributed by atoms with E-state index in [9.17, 15) is 10.1 Å². The summed E-state index contributed by atoms with van der Waals surface area (Å²) in [6.07, 6.45) is 1.63. The molecule has 29 heavy (non-hydrogen) atoms. The van der Waals surface area contributed by atoms with Crippen LogP contribution >= 0.6 is 23.4 Å². The number of nitro benzene ring substituents is 1. The van der Waals surface area contributed by atoms with Gasteiger partial charge in [-0.05, 0) is 42.0 Å². The van der Waals surface area contributed by atoms with Gasteiger partial charge in [-0.3, -0.25) is 14.7 Å². The Kier molecular flexibility index (Phi) is 5.64. The van der Waals surface area contributed by atoms with Gasteiger partial charge < -0.3 is 4.42 Å². The Morgan fingerprint density at radius 2 is 1.83 bits per heavy atom. The zero-order valence-corrected chi connectivity index (χ0v) is 16.6. The van der Waals surface area contributed by atoms with Gasteiger partial charge in [0, 0.05) is 28.5 Å². The van der Waals surface area contributed by atoms with Gasteiger partial charge in [-0.2, -0.15) is 0 Å². The Morgan fingerprint density at radius 3 is 2.48 bits per heavy atom. The van der Waals surface area contributed by atoms with Gasteiger partial charge >= 0.3 is 0 Å². The summed E-state index contributed by atoms with van der Waals surface area (Å²) in [5, 5.41) is 20.9. The molecule has 0 radical (unpaired) electrons. The molecule has 4 aromatic rings. The van der Waals surface area contributed by atoms with E-state index in [0.29, 0.717) is 23.1 Å². The Morgan fingerprint density at radius 1 is 1.07 bits per heavy atom. The van der Waals surface area contributed by atoms with Crippen molar-refractivity contribution in [2.24, 2.45) is 0 Å². The van der Waals surface area contributed by atoms with Crippen LogP contribution in [0.2, 0.25) is 5.02 Å². The van der Waals surface area contributed by atoms with Crippen molar-refractivity contribution in [3.8, 4) is 11.4 Å². The van der Waals surface area contributed by atoms with E-state index in [2.05, 4.69) is 10.2 Å². The highest BCUT2D eigenvalue weighted by Crippen LogP contribution is 2.28.